The van der Waals surface area contributed by atoms with Crippen LogP contribution in [0.1, 0.15) is 21.5 Å². The number of pyridine rings is 2. The highest BCUT2D eigenvalue weighted by atomic mass is 79.9. The van der Waals surface area contributed by atoms with E-state index in [0.29, 0.717) is 23.4 Å². The van der Waals surface area contributed by atoms with E-state index in [0.717, 1.165) is 27.6 Å². The highest BCUT2D eigenvalue weighted by Gasteiger charge is 2.14. The Morgan fingerprint density at radius 2 is 1.76 bits per heavy atom. The topological polar surface area (TPSA) is 169 Å². The van der Waals surface area contributed by atoms with Crippen molar-refractivity contribution >= 4 is 66.7 Å². The van der Waals surface area contributed by atoms with Crippen LogP contribution >= 0.6 is 28.6 Å². The van der Waals surface area contributed by atoms with Crippen molar-refractivity contribution in [2.75, 3.05) is 13.2 Å². The molecule has 0 unspecified atom stereocenters. The second kappa shape index (κ2) is 15.3. The number of carbonyl (C=O) groups excluding carboxylic acids is 1. The predicted octanol–water partition coefficient (Wildman–Crippen LogP) is 5.22. The van der Waals surface area contributed by atoms with Gasteiger partial charge in [0.05, 0.1) is 46.5 Å². The van der Waals surface area contributed by atoms with Crippen molar-refractivity contribution in [1.82, 2.24) is 30.4 Å². The largest absolute Gasteiger partial charge is 0.394 e. The molecule has 0 aliphatic heterocycles. The molecule has 0 fully saturated rings. The lowest BCUT2D eigenvalue weighted by molar-refractivity contribution is 0.0168. The van der Waals surface area contributed by atoms with Gasteiger partial charge in [0.1, 0.15) is 5.52 Å². The summed E-state index contributed by atoms with van der Waals surface area (Å²) in [5.41, 5.74) is 8.16. The van der Waals surface area contributed by atoms with Crippen LogP contribution < -0.4 is 5.48 Å². The van der Waals surface area contributed by atoms with Gasteiger partial charge in [0.2, 0.25) is 0 Å². The van der Waals surface area contributed by atoms with Crippen LogP contribution in [0.3, 0.4) is 0 Å². The van der Waals surface area contributed by atoms with Gasteiger partial charge >= 0.3 is 0 Å². The van der Waals surface area contributed by atoms with Gasteiger partial charge in [-0.2, -0.15) is 8.42 Å². The molecule has 238 valence electrons. The fraction of sp³-hybridized carbons (Fsp3) is 0.129. The van der Waals surface area contributed by atoms with Crippen molar-refractivity contribution in [3.63, 3.8) is 0 Å². The maximum atomic E-state index is 12.2. The van der Waals surface area contributed by atoms with Crippen LogP contribution in [0.15, 0.2) is 96.0 Å². The smallest absolute Gasteiger partial charge is 0.294 e. The highest BCUT2D eigenvalue weighted by molar-refractivity contribution is 8.93. The fourth-order valence-corrected chi connectivity index (χ4v) is 5.05. The quantitative estimate of drug-likeness (QED) is 0.107. The lowest BCUT2D eigenvalue weighted by Crippen LogP contribution is -2.25. The Balaban J connectivity index is 0.000000341. The number of aliphatic hydroxyl groups is 1. The zero-order chi connectivity index (χ0) is 32.0. The van der Waals surface area contributed by atoms with E-state index >= 15 is 0 Å². The van der Waals surface area contributed by atoms with E-state index in [2.05, 4.69) is 26.8 Å². The van der Waals surface area contributed by atoms with Crippen LogP contribution in [0.2, 0.25) is 5.02 Å². The minimum atomic E-state index is -4.02. The monoisotopic (exact) mass is 726 g/mol. The Kier molecular flexibility index (Phi) is 11.5. The van der Waals surface area contributed by atoms with E-state index in [1.807, 2.05) is 43.3 Å². The van der Waals surface area contributed by atoms with E-state index < -0.39 is 16.0 Å². The summed E-state index contributed by atoms with van der Waals surface area (Å²) in [5, 5.41) is 18.6. The summed E-state index contributed by atoms with van der Waals surface area (Å²) in [5.74, 6) is -0.499. The van der Waals surface area contributed by atoms with Gasteiger partial charge in [0.15, 0.2) is 5.65 Å². The molecule has 0 aliphatic carbocycles. The molecule has 6 rings (SSSR count). The molecule has 46 heavy (non-hydrogen) atoms. The molecule has 15 heteroatoms. The molecular weight excluding hydrogens is 700 g/mol. The van der Waals surface area contributed by atoms with E-state index in [1.165, 1.54) is 12.1 Å². The standard InChI is InChI=1S/C24H19ClN6O3.C7H8O3S.BrH/c25-19-13-17(4-5-18(19)24(33)29-34-11-10-32)21-7-8-22-23(27-21)31(30-28-22)14-15-3-6-20-16(12-15)2-1-9-26-20;1-6-2-4-7(5-3-6)11(8,9)10;/h1-9,12-13,32H,10-11,14H2,(H,29,33);2-5H,1H3,(H,8,9,10);1H. The number of aryl methyl sites for hydroxylation is 1. The molecule has 0 radical (unpaired) electrons. The number of nitrogens with one attached hydrogen (secondary N) is 1. The minimum absolute atomic E-state index is 0. The molecule has 0 spiro atoms. The third kappa shape index (κ3) is 8.48. The van der Waals surface area contributed by atoms with Gasteiger partial charge in [0, 0.05) is 17.1 Å². The third-order valence-electron chi connectivity index (χ3n) is 6.55. The molecule has 3 aromatic heterocycles. The Morgan fingerprint density at radius 1 is 1.00 bits per heavy atom. The van der Waals surface area contributed by atoms with Gasteiger partial charge in [-0.05, 0) is 67.1 Å². The van der Waals surface area contributed by atoms with Crippen LogP contribution in [0.25, 0.3) is 33.3 Å². The van der Waals surface area contributed by atoms with Crippen molar-refractivity contribution in [1.29, 1.82) is 0 Å². The van der Waals surface area contributed by atoms with Gasteiger partial charge in [-0.15, -0.1) is 22.1 Å². The molecular formula is C31H28BrClN6O6S. The molecule has 3 N–H and O–H groups in total. The first-order chi connectivity index (χ1) is 21.6. The molecule has 3 heterocycles. The van der Waals surface area contributed by atoms with Crippen molar-refractivity contribution in [3.8, 4) is 11.3 Å². The number of aliphatic hydroxyl groups excluding tert-OH is 1. The van der Waals surface area contributed by atoms with Gasteiger partial charge in [-0.1, -0.05) is 52.7 Å². The molecule has 12 nitrogen and oxygen atoms in total. The maximum Gasteiger partial charge on any atom is 0.294 e. The van der Waals surface area contributed by atoms with Gasteiger partial charge in [-0.3, -0.25) is 19.2 Å². The Labute approximate surface area is 279 Å². The summed E-state index contributed by atoms with van der Waals surface area (Å²) >= 11 is 6.34. The first-order valence-electron chi connectivity index (χ1n) is 13.5. The summed E-state index contributed by atoms with van der Waals surface area (Å²) < 4.78 is 31.3. The zero-order valence-electron chi connectivity index (χ0n) is 24.2. The summed E-state index contributed by atoms with van der Waals surface area (Å²) in [6.07, 6.45) is 1.77. The second-order valence-corrected chi connectivity index (χ2v) is 11.6. The number of amides is 1. The third-order valence-corrected chi connectivity index (χ3v) is 7.73. The predicted molar refractivity (Wildman–Crippen MR) is 178 cm³/mol. The van der Waals surface area contributed by atoms with Crippen LogP contribution in [0, 0.1) is 6.92 Å². The number of halogens is 2. The van der Waals surface area contributed by atoms with Crippen molar-refractivity contribution in [2.45, 2.75) is 18.4 Å². The molecule has 0 atom stereocenters. The summed E-state index contributed by atoms with van der Waals surface area (Å²) in [6.45, 7) is 2.13. The van der Waals surface area contributed by atoms with Crippen molar-refractivity contribution in [2.24, 2.45) is 0 Å². The lowest BCUT2D eigenvalue weighted by Gasteiger charge is -2.08. The number of hydrogen-bond donors (Lipinski definition) is 3. The highest BCUT2D eigenvalue weighted by Crippen LogP contribution is 2.26. The molecule has 0 aliphatic rings. The summed E-state index contributed by atoms with van der Waals surface area (Å²) in [4.78, 5) is 26.1. The van der Waals surface area contributed by atoms with E-state index in [9.17, 15) is 13.2 Å². The van der Waals surface area contributed by atoms with Gasteiger partial charge in [0.25, 0.3) is 16.0 Å². The normalized spacial score (nSPS) is 11.0. The first-order valence-corrected chi connectivity index (χ1v) is 15.3. The van der Waals surface area contributed by atoms with Crippen LogP contribution in [-0.4, -0.2) is 62.2 Å². The molecule has 3 aromatic carbocycles. The van der Waals surface area contributed by atoms with E-state index in [4.69, 9.17) is 31.1 Å². The first kappa shape index (κ1) is 34.6. The van der Waals surface area contributed by atoms with E-state index in [-0.39, 0.29) is 45.7 Å². The van der Waals surface area contributed by atoms with E-state index in [1.54, 1.807) is 41.2 Å². The molecule has 1 amide bonds. The number of fused-ring (bicyclic) bond motifs is 2. The number of hydroxylamine groups is 1. The minimum Gasteiger partial charge on any atom is -0.394 e. The van der Waals surface area contributed by atoms with Crippen molar-refractivity contribution in [3.05, 3.63) is 113 Å². The SMILES string of the molecule is Br.Cc1ccc(S(=O)(=O)O)cc1.O=C(NOCCO)c1ccc(-c2ccc3nnn(Cc4ccc5ncccc5c4)c3n2)cc1Cl. The molecule has 0 saturated carbocycles. The maximum absolute atomic E-state index is 12.2. The summed E-state index contributed by atoms with van der Waals surface area (Å²) in [7, 11) is -4.02. The van der Waals surface area contributed by atoms with Gasteiger partial charge < -0.3 is 5.11 Å². The number of carbonyl (C=O) groups is 1. The lowest BCUT2D eigenvalue weighted by atomic mass is 10.1. The second-order valence-electron chi connectivity index (χ2n) is 9.80. The number of rotatable bonds is 8. The number of nitrogens with zero attached hydrogens (tertiary/aromatic N) is 5. The molecule has 0 saturated heterocycles. The average molecular weight is 728 g/mol. The number of benzene rings is 3. The van der Waals surface area contributed by atoms with Crippen LogP contribution in [0.4, 0.5) is 0 Å². The average Bonchev–Trinajstić information content (AvgIpc) is 3.42. The Morgan fingerprint density at radius 3 is 2.48 bits per heavy atom. The molecule has 6 aromatic rings. The fourth-order valence-electron chi connectivity index (χ4n) is 4.30. The zero-order valence-corrected chi connectivity index (χ0v) is 27.5. The van der Waals surface area contributed by atoms with Crippen molar-refractivity contribution < 1.29 is 27.7 Å². The molecule has 0 bridgehead atoms. The Bertz CT molecular complexity index is 2090. The number of hydrogen-bond acceptors (Lipinski definition) is 9. The Hall–Kier alpha value is -4.31. The summed E-state index contributed by atoms with van der Waals surface area (Å²) in [6, 6.07) is 24.7. The van der Waals surface area contributed by atoms with Gasteiger partial charge in [-0.25, -0.2) is 15.1 Å². The van der Waals surface area contributed by atoms with Crippen LogP contribution in [-0.2, 0) is 21.5 Å². The van der Waals surface area contributed by atoms with Crippen LogP contribution in [0.5, 0.6) is 0 Å². The number of aromatic nitrogens is 5.